The molecule has 1 aliphatic rings. The number of anilines is 1. The van der Waals surface area contributed by atoms with Gasteiger partial charge in [-0.2, -0.15) is 0 Å². The van der Waals surface area contributed by atoms with Crippen molar-refractivity contribution >= 4 is 23.4 Å². The van der Waals surface area contributed by atoms with Gasteiger partial charge >= 0.3 is 0 Å². The number of fused-ring (bicyclic) bond motifs is 1. The van der Waals surface area contributed by atoms with E-state index in [9.17, 15) is 14.4 Å². The van der Waals surface area contributed by atoms with Gasteiger partial charge in [0.25, 0.3) is 0 Å². The number of amides is 3. The molecule has 0 saturated heterocycles. The Morgan fingerprint density at radius 3 is 2.76 bits per heavy atom. The van der Waals surface area contributed by atoms with Crippen LogP contribution in [0.25, 0.3) is 0 Å². The van der Waals surface area contributed by atoms with Gasteiger partial charge in [0.15, 0.2) is 0 Å². The van der Waals surface area contributed by atoms with Crippen LogP contribution in [0, 0.1) is 0 Å². The lowest BCUT2D eigenvalue weighted by molar-refractivity contribution is -0.128. The first-order valence-corrected chi connectivity index (χ1v) is 6.93. The average molecular weight is 289 g/mol. The van der Waals surface area contributed by atoms with Gasteiger partial charge in [-0.25, -0.2) is 0 Å². The summed E-state index contributed by atoms with van der Waals surface area (Å²) in [6.07, 6.45) is 0.0919. The Morgan fingerprint density at radius 1 is 1.33 bits per heavy atom. The summed E-state index contributed by atoms with van der Waals surface area (Å²) in [5.41, 5.74) is 1.43. The summed E-state index contributed by atoms with van der Waals surface area (Å²) < 4.78 is 0. The molecule has 1 unspecified atom stereocenters. The molecule has 1 heterocycles. The summed E-state index contributed by atoms with van der Waals surface area (Å²) in [6, 6.07) is 7.22. The van der Waals surface area contributed by atoms with Crippen LogP contribution in [-0.2, 0) is 14.4 Å². The molecule has 0 aliphatic carbocycles. The standard InChI is InChI=1S/C15H19N3O3/c1-9(2)17-14(20)8-16-15(21)11-7-13(19)18-12-6-4-3-5-10(11)12/h3-6,9,11H,7-8H2,1-2H3,(H,16,21)(H,17,20)(H,18,19). The molecular formula is C15H19N3O3. The fraction of sp³-hybridized carbons (Fsp3) is 0.400. The highest BCUT2D eigenvalue weighted by molar-refractivity contribution is 6.01. The maximum Gasteiger partial charge on any atom is 0.239 e. The van der Waals surface area contributed by atoms with Gasteiger partial charge < -0.3 is 16.0 Å². The first kappa shape index (κ1) is 15.0. The van der Waals surface area contributed by atoms with Crippen LogP contribution in [0.15, 0.2) is 24.3 Å². The van der Waals surface area contributed by atoms with Crippen LogP contribution in [0.3, 0.4) is 0 Å². The average Bonchev–Trinajstić information content (AvgIpc) is 2.43. The minimum absolute atomic E-state index is 0.0237. The van der Waals surface area contributed by atoms with E-state index >= 15 is 0 Å². The smallest absolute Gasteiger partial charge is 0.239 e. The molecule has 1 atom stereocenters. The molecule has 112 valence electrons. The zero-order valence-corrected chi connectivity index (χ0v) is 12.1. The van der Waals surface area contributed by atoms with Crippen LogP contribution in [0.5, 0.6) is 0 Å². The predicted molar refractivity (Wildman–Crippen MR) is 78.7 cm³/mol. The van der Waals surface area contributed by atoms with Crippen molar-refractivity contribution in [2.24, 2.45) is 0 Å². The normalized spacial score (nSPS) is 16.9. The first-order chi connectivity index (χ1) is 9.97. The summed E-state index contributed by atoms with van der Waals surface area (Å²) in [5, 5.41) is 8.02. The van der Waals surface area contributed by atoms with Crippen LogP contribution in [0.1, 0.15) is 31.7 Å². The summed E-state index contributed by atoms with van der Waals surface area (Å²) in [7, 11) is 0. The summed E-state index contributed by atoms with van der Waals surface area (Å²) in [6.45, 7) is 3.61. The van der Waals surface area contributed by atoms with Crippen molar-refractivity contribution in [2.45, 2.75) is 32.2 Å². The zero-order chi connectivity index (χ0) is 15.4. The predicted octanol–water partition coefficient (Wildman–Crippen LogP) is 0.753. The van der Waals surface area contributed by atoms with Gasteiger partial charge in [-0.1, -0.05) is 18.2 Å². The molecule has 0 bridgehead atoms. The lowest BCUT2D eigenvalue weighted by Crippen LogP contribution is -2.42. The number of carbonyl (C=O) groups excluding carboxylic acids is 3. The van der Waals surface area contributed by atoms with Crippen molar-refractivity contribution < 1.29 is 14.4 Å². The molecule has 3 amide bonds. The fourth-order valence-corrected chi connectivity index (χ4v) is 2.31. The minimum atomic E-state index is -0.554. The van der Waals surface area contributed by atoms with Gasteiger partial charge in [-0.05, 0) is 25.5 Å². The molecule has 2 rings (SSSR count). The van der Waals surface area contributed by atoms with E-state index in [1.807, 2.05) is 26.0 Å². The second-order valence-corrected chi connectivity index (χ2v) is 5.33. The molecule has 3 N–H and O–H groups in total. The lowest BCUT2D eigenvalue weighted by atomic mass is 9.90. The van der Waals surface area contributed by atoms with Gasteiger partial charge in [-0.3, -0.25) is 14.4 Å². The maximum absolute atomic E-state index is 12.2. The summed E-state index contributed by atoms with van der Waals surface area (Å²) in [4.78, 5) is 35.4. The summed E-state index contributed by atoms with van der Waals surface area (Å²) >= 11 is 0. The van der Waals surface area contributed by atoms with Gasteiger partial charge in [0.1, 0.15) is 0 Å². The molecular weight excluding hydrogens is 270 g/mol. The molecule has 1 aromatic rings. The Bertz CT molecular complexity index is 569. The zero-order valence-electron chi connectivity index (χ0n) is 12.1. The number of benzene rings is 1. The largest absolute Gasteiger partial charge is 0.352 e. The maximum atomic E-state index is 12.2. The van der Waals surface area contributed by atoms with Crippen molar-refractivity contribution in [3.63, 3.8) is 0 Å². The third-order valence-electron chi connectivity index (χ3n) is 3.19. The second kappa shape index (κ2) is 6.39. The van der Waals surface area contributed by atoms with Crippen LogP contribution >= 0.6 is 0 Å². The highest BCUT2D eigenvalue weighted by Crippen LogP contribution is 2.31. The molecule has 0 spiro atoms. The number of nitrogens with one attached hydrogen (secondary N) is 3. The number of rotatable bonds is 4. The molecule has 6 heteroatoms. The van der Waals surface area contributed by atoms with Gasteiger partial charge in [0.05, 0.1) is 12.5 Å². The van der Waals surface area contributed by atoms with Crippen molar-refractivity contribution in [1.29, 1.82) is 0 Å². The van der Waals surface area contributed by atoms with E-state index in [2.05, 4.69) is 16.0 Å². The Kier molecular flexibility index (Phi) is 4.57. The lowest BCUT2D eigenvalue weighted by Gasteiger charge is -2.24. The number of hydrogen-bond acceptors (Lipinski definition) is 3. The van der Waals surface area contributed by atoms with E-state index in [1.165, 1.54) is 0 Å². The number of carbonyl (C=O) groups is 3. The molecule has 0 radical (unpaired) electrons. The van der Waals surface area contributed by atoms with Crippen LogP contribution < -0.4 is 16.0 Å². The third kappa shape index (κ3) is 3.81. The van der Waals surface area contributed by atoms with Crippen molar-refractivity contribution in [3.8, 4) is 0 Å². The molecule has 0 fully saturated rings. The second-order valence-electron chi connectivity index (χ2n) is 5.33. The van der Waals surface area contributed by atoms with E-state index in [1.54, 1.807) is 12.1 Å². The Morgan fingerprint density at radius 2 is 2.05 bits per heavy atom. The molecule has 0 saturated carbocycles. The highest BCUT2D eigenvalue weighted by atomic mass is 16.2. The van der Waals surface area contributed by atoms with E-state index < -0.39 is 5.92 Å². The molecule has 21 heavy (non-hydrogen) atoms. The van der Waals surface area contributed by atoms with Crippen LogP contribution in [-0.4, -0.2) is 30.3 Å². The molecule has 0 aromatic heterocycles. The van der Waals surface area contributed by atoms with Crippen LogP contribution in [0.4, 0.5) is 5.69 Å². The van der Waals surface area contributed by atoms with Gasteiger partial charge in [-0.15, -0.1) is 0 Å². The van der Waals surface area contributed by atoms with E-state index in [4.69, 9.17) is 0 Å². The Labute approximate surface area is 123 Å². The number of hydrogen-bond donors (Lipinski definition) is 3. The molecule has 1 aliphatic heterocycles. The van der Waals surface area contributed by atoms with Crippen LogP contribution in [0.2, 0.25) is 0 Å². The highest BCUT2D eigenvalue weighted by Gasteiger charge is 2.30. The number of para-hydroxylation sites is 1. The molecule has 1 aromatic carbocycles. The first-order valence-electron chi connectivity index (χ1n) is 6.93. The molecule has 6 nitrogen and oxygen atoms in total. The Balaban J connectivity index is 2.03. The quantitative estimate of drug-likeness (QED) is 0.764. The topological polar surface area (TPSA) is 87.3 Å². The van der Waals surface area contributed by atoms with Gasteiger partial charge in [0.2, 0.25) is 17.7 Å². The van der Waals surface area contributed by atoms with Gasteiger partial charge in [0, 0.05) is 18.2 Å². The van der Waals surface area contributed by atoms with E-state index in [-0.39, 0.29) is 36.7 Å². The SMILES string of the molecule is CC(C)NC(=O)CNC(=O)C1CC(=O)Nc2ccccc21. The van der Waals surface area contributed by atoms with Crippen molar-refractivity contribution in [1.82, 2.24) is 10.6 Å². The van der Waals surface area contributed by atoms with Crippen molar-refractivity contribution in [2.75, 3.05) is 11.9 Å². The van der Waals surface area contributed by atoms with E-state index in [0.29, 0.717) is 5.69 Å². The minimum Gasteiger partial charge on any atom is -0.352 e. The monoisotopic (exact) mass is 289 g/mol. The van der Waals surface area contributed by atoms with E-state index in [0.717, 1.165) is 5.56 Å². The Hall–Kier alpha value is -2.37. The fourth-order valence-electron chi connectivity index (χ4n) is 2.31. The van der Waals surface area contributed by atoms with Crippen molar-refractivity contribution in [3.05, 3.63) is 29.8 Å². The third-order valence-corrected chi connectivity index (χ3v) is 3.19. The summed E-state index contributed by atoms with van der Waals surface area (Å²) in [5.74, 6) is -1.30.